The molecule has 6 rings (SSSR count). The van der Waals surface area contributed by atoms with Gasteiger partial charge in [-0.15, -0.1) is 0 Å². The summed E-state index contributed by atoms with van der Waals surface area (Å²) in [6.07, 6.45) is 0.422. The topological polar surface area (TPSA) is 43.3 Å². The third-order valence-corrected chi connectivity index (χ3v) is 7.02. The fraction of sp³-hybridized carbons (Fsp3) is 0.179. The summed E-state index contributed by atoms with van der Waals surface area (Å²) in [4.78, 5) is 0. The molecule has 0 saturated heterocycles. The maximum Gasteiger partial charge on any atom is 0.214 e. The number of nitrogens with zero attached hydrogens (tertiary/aromatic N) is 2. The molecule has 6 heteroatoms. The minimum absolute atomic E-state index is 0.0702. The van der Waals surface area contributed by atoms with E-state index in [2.05, 4.69) is 69.5 Å². The number of fused-ring (bicyclic) bond motifs is 4. The zero-order valence-electron chi connectivity index (χ0n) is 18.9. The van der Waals surface area contributed by atoms with E-state index in [1.807, 2.05) is 30.3 Å². The first kappa shape index (κ1) is 21.1. The summed E-state index contributed by atoms with van der Waals surface area (Å²) in [7, 11) is 3.28. The first-order valence-corrected chi connectivity index (χ1v) is 12.0. The van der Waals surface area contributed by atoms with Crippen LogP contribution in [0.25, 0.3) is 10.8 Å². The lowest BCUT2D eigenvalue weighted by atomic mass is 9.95. The first-order valence-electron chi connectivity index (χ1n) is 11.2. The molecule has 0 bridgehead atoms. The Hall–Kier alpha value is -3.51. The molecule has 4 aromatic carbocycles. The van der Waals surface area contributed by atoms with Crippen LogP contribution in [0.15, 0.2) is 88.4 Å². The van der Waals surface area contributed by atoms with E-state index in [4.69, 9.17) is 19.3 Å². The van der Waals surface area contributed by atoms with Gasteiger partial charge in [0.05, 0.1) is 26.0 Å². The van der Waals surface area contributed by atoms with Crippen LogP contribution in [-0.2, 0) is 0 Å². The van der Waals surface area contributed by atoms with E-state index >= 15 is 0 Å². The minimum Gasteiger partial charge on any atom is -0.493 e. The average Bonchev–Trinajstić information content (AvgIpc) is 3.33. The number of hydrazone groups is 1. The van der Waals surface area contributed by atoms with Gasteiger partial charge in [-0.2, -0.15) is 5.10 Å². The zero-order valence-corrected chi connectivity index (χ0v) is 20.5. The van der Waals surface area contributed by atoms with Crippen LogP contribution in [0.4, 0.5) is 0 Å². The standard InChI is InChI=1S/C28H23BrN2O3/c1-32-26-11-9-20(14-27(26)33-2)28-31-24(22-15-21(29)10-12-25(22)34-28)16-23(30-31)19-8-7-17-5-3-4-6-18(17)13-19/h3-15,24,28H,16H2,1-2H3. The van der Waals surface area contributed by atoms with Crippen molar-refractivity contribution in [2.24, 2.45) is 5.10 Å². The lowest BCUT2D eigenvalue weighted by Crippen LogP contribution is -2.33. The molecule has 2 heterocycles. The van der Waals surface area contributed by atoms with E-state index in [0.29, 0.717) is 11.5 Å². The maximum atomic E-state index is 6.52. The Morgan fingerprint density at radius 3 is 2.53 bits per heavy atom. The molecule has 5 nitrogen and oxygen atoms in total. The monoisotopic (exact) mass is 514 g/mol. The lowest BCUT2D eigenvalue weighted by Gasteiger charge is -2.38. The van der Waals surface area contributed by atoms with Gasteiger partial charge in [-0.1, -0.05) is 52.3 Å². The van der Waals surface area contributed by atoms with Gasteiger partial charge in [0.15, 0.2) is 11.5 Å². The van der Waals surface area contributed by atoms with Crippen molar-refractivity contribution in [2.75, 3.05) is 14.2 Å². The summed E-state index contributed by atoms with van der Waals surface area (Å²) in [6.45, 7) is 0. The second-order valence-corrected chi connectivity index (χ2v) is 9.39. The quantitative estimate of drug-likeness (QED) is 0.298. The van der Waals surface area contributed by atoms with Crippen LogP contribution in [0.2, 0.25) is 0 Å². The molecule has 2 aliphatic heterocycles. The molecule has 0 fully saturated rings. The van der Waals surface area contributed by atoms with Gasteiger partial charge < -0.3 is 14.2 Å². The fourth-order valence-electron chi connectivity index (χ4n) is 4.83. The van der Waals surface area contributed by atoms with Gasteiger partial charge in [0.2, 0.25) is 6.23 Å². The van der Waals surface area contributed by atoms with E-state index in [-0.39, 0.29) is 12.3 Å². The van der Waals surface area contributed by atoms with Crippen molar-refractivity contribution in [2.45, 2.75) is 18.7 Å². The number of halogens is 1. The van der Waals surface area contributed by atoms with Crippen molar-refractivity contribution < 1.29 is 14.2 Å². The van der Waals surface area contributed by atoms with Crippen LogP contribution < -0.4 is 14.2 Å². The predicted octanol–water partition coefficient (Wildman–Crippen LogP) is 6.86. The van der Waals surface area contributed by atoms with Crippen molar-refractivity contribution >= 4 is 32.4 Å². The maximum absolute atomic E-state index is 6.52. The summed E-state index contributed by atoms with van der Waals surface area (Å²) in [6, 6.07) is 27.1. The molecule has 0 radical (unpaired) electrons. The van der Waals surface area contributed by atoms with Crippen molar-refractivity contribution in [1.82, 2.24) is 5.01 Å². The van der Waals surface area contributed by atoms with E-state index in [0.717, 1.165) is 39.0 Å². The SMILES string of the molecule is COc1ccc(C2Oc3ccc(Br)cc3C3CC(c4ccc5ccccc5c4)=NN32)cc1OC. The number of hydrogen-bond acceptors (Lipinski definition) is 5. The Morgan fingerprint density at radius 1 is 0.882 bits per heavy atom. The van der Waals surface area contributed by atoms with Gasteiger partial charge in [0, 0.05) is 22.0 Å². The Morgan fingerprint density at radius 2 is 1.71 bits per heavy atom. The number of rotatable bonds is 4. The Balaban J connectivity index is 1.45. The number of benzene rings is 4. The van der Waals surface area contributed by atoms with Crippen molar-refractivity contribution in [1.29, 1.82) is 0 Å². The van der Waals surface area contributed by atoms with Crippen molar-refractivity contribution in [3.63, 3.8) is 0 Å². The smallest absolute Gasteiger partial charge is 0.214 e. The van der Waals surface area contributed by atoms with E-state index in [1.54, 1.807) is 14.2 Å². The van der Waals surface area contributed by atoms with Crippen LogP contribution in [0.1, 0.15) is 35.4 Å². The Kier molecular flexibility index (Phi) is 5.18. The Labute approximate surface area is 206 Å². The highest BCUT2D eigenvalue weighted by Gasteiger charge is 2.41. The molecule has 0 saturated carbocycles. The summed E-state index contributed by atoms with van der Waals surface area (Å²) >= 11 is 3.63. The summed E-state index contributed by atoms with van der Waals surface area (Å²) in [5.74, 6) is 2.23. The van der Waals surface area contributed by atoms with Gasteiger partial charge in [-0.3, -0.25) is 0 Å². The third kappa shape index (κ3) is 3.49. The third-order valence-electron chi connectivity index (χ3n) is 6.53. The molecular formula is C28H23BrN2O3. The normalized spacial score (nSPS) is 18.7. The lowest BCUT2D eigenvalue weighted by molar-refractivity contribution is -0.0192. The molecular weight excluding hydrogens is 492 g/mol. The highest BCUT2D eigenvalue weighted by molar-refractivity contribution is 9.10. The van der Waals surface area contributed by atoms with Crippen LogP contribution in [0, 0.1) is 0 Å². The predicted molar refractivity (Wildman–Crippen MR) is 137 cm³/mol. The van der Waals surface area contributed by atoms with Gasteiger partial charge in [0.1, 0.15) is 5.75 Å². The van der Waals surface area contributed by atoms with Crippen LogP contribution in [0.3, 0.4) is 0 Å². The van der Waals surface area contributed by atoms with E-state index < -0.39 is 0 Å². The van der Waals surface area contributed by atoms with Crippen LogP contribution in [-0.4, -0.2) is 24.9 Å². The molecule has 2 aliphatic rings. The van der Waals surface area contributed by atoms with Gasteiger partial charge in [-0.25, -0.2) is 5.01 Å². The number of ether oxygens (including phenoxy) is 3. The molecule has 0 amide bonds. The summed E-state index contributed by atoms with van der Waals surface area (Å²) < 4.78 is 18.5. The first-order chi connectivity index (χ1) is 16.6. The average molecular weight is 515 g/mol. The molecule has 0 aromatic heterocycles. The Bertz CT molecular complexity index is 1430. The molecule has 4 aromatic rings. The molecule has 34 heavy (non-hydrogen) atoms. The fourth-order valence-corrected chi connectivity index (χ4v) is 5.21. The second-order valence-electron chi connectivity index (χ2n) is 8.48. The van der Waals surface area contributed by atoms with Crippen LogP contribution in [0.5, 0.6) is 17.2 Å². The van der Waals surface area contributed by atoms with E-state index in [1.165, 1.54) is 10.8 Å². The second kappa shape index (κ2) is 8.37. The van der Waals surface area contributed by atoms with Crippen molar-refractivity contribution in [3.8, 4) is 17.2 Å². The molecule has 2 atom stereocenters. The highest BCUT2D eigenvalue weighted by atomic mass is 79.9. The van der Waals surface area contributed by atoms with Gasteiger partial charge >= 0.3 is 0 Å². The van der Waals surface area contributed by atoms with Crippen molar-refractivity contribution in [3.05, 3.63) is 100 Å². The molecule has 170 valence electrons. The van der Waals surface area contributed by atoms with Gasteiger partial charge in [0.25, 0.3) is 0 Å². The molecule has 0 N–H and O–H groups in total. The van der Waals surface area contributed by atoms with E-state index in [9.17, 15) is 0 Å². The largest absolute Gasteiger partial charge is 0.493 e. The van der Waals surface area contributed by atoms with Crippen LogP contribution >= 0.6 is 15.9 Å². The number of methoxy groups -OCH3 is 2. The highest BCUT2D eigenvalue weighted by Crippen LogP contribution is 2.49. The van der Waals surface area contributed by atoms with Gasteiger partial charge in [-0.05, 0) is 58.8 Å². The molecule has 0 aliphatic carbocycles. The summed E-state index contributed by atoms with van der Waals surface area (Å²) in [5, 5.41) is 9.63. The number of hydrogen-bond donors (Lipinski definition) is 0. The summed E-state index contributed by atoms with van der Waals surface area (Å²) in [5.41, 5.74) is 4.28. The minimum atomic E-state index is -0.378. The molecule has 2 unspecified atom stereocenters. The zero-order chi connectivity index (χ0) is 23.2. The molecule has 0 spiro atoms.